The number of unbranched alkanes of at least 4 members (excludes halogenated alkanes) is 15. The van der Waals surface area contributed by atoms with Crippen molar-refractivity contribution in [3.63, 3.8) is 0 Å². The predicted octanol–water partition coefficient (Wildman–Crippen LogP) is -0.160. The lowest BCUT2D eigenvalue weighted by atomic mass is 9.98. The van der Waals surface area contributed by atoms with E-state index in [9.17, 15) is 50.4 Å². The summed E-state index contributed by atoms with van der Waals surface area (Å²) in [7, 11) is 0. The van der Waals surface area contributed by atoms with E-state index in [0.717, 1.165) is 38.5 Å². The van der Waals surface area contributed by atoms with E-state index in [-0.39, 0.29) is 24.7 Å². The van der Waals surface area contributed by atoms with E-state index in [2.05, 4.69) is 10.6 Å². The first-order valence-electron chi connectivity index (χ1n) is 17.3. The number of rotatable bonds is 23. The van der Waals surface area contributed by atoms with Gasteiger partial charge in [0.05, 0.1) is 13.2 Å². The molecule has 0 radical (unpaired) electrons. The number of aliphatic hydroxyl groups is 8. The van der Waals surface area contributed by atoms with Gasteiger partial charge in [0.25, 0.3) is 0 Å². The second-order valence-electron chi connectivity index (χ2n) is 12.8. The molecule has 0 aliphatic carbocycles. The highest BCUT2D eigenvalue weighted by Crippen LogP contribution is 2.21. The van der Waals surface area contributed by atoms with Gasteiger partial charge in [-0.1, -0.05) is 89.9 Å². The molecule has 10 N–H and O–H groups in total. The average molecular weight is 665 g/mol. The van der Waals surface area contributed by atoms with Crippen LogP contribution in [0.5, 0.6) is 0 Å². The molecule has 0 saturated carbocycles. The second-order valence-corrected chi connectivity index (χ2v) is 12.8. The standard InChI is InChI=1S/C32H60N2O12/c35-19-21-25(39)27(41)29(43)31(45-21)33-23(37)17-15-13-11-9-7-5-3-1-2-4-6-8-10-12-14-16-18-24(38)34-32-30(44)28(42)26(40)22(20-36)46-32/h21-22,25-32,35-36,39-44H,1-20H2,(H,33,37)(H,34,38)/t21-,22-,25-,26-,27+,28+,29-,30-,31-,32-/m1/s1. The molecule has 2 fully saturated rings. The summed E-state index contributed by atoms with van der Waals surface area (Å²) in [5, 5.41) is 82.8. The zero-order chi connectivity index (χ0) is 33.9. The Hall–Kier alpha value is -1.46. The van der Waals surface area contributed by atoms with Crippen LogP contribution in [0.3, 0.4) is 0 Å². The number of hydrogen-bond donors (Lipinski definition) is 10. The Bertz CT molecular complexity index is 769. The Morgan fingerprint density at radius 2 is 0.674 bits per heavy atom. The fraction of sp³-hybridized carbons (Fsp3) is 0.938. The highest BCUT2D eigenvalue weighted by molar-refractivity contribution is 5.76. The third-order valence-electron chi connectivity index (χ3n) is 8.95. The van der Waals surface area contributed by atoms with Crippen molar-refractivity contribution in [2.24, 2.45) is 0 Å². The van der Waals surface area contributed by atoms with Crippen molar-refractivity contribution < 1.29 is 59.9 Å². The van der Waals surface area contributed by atoms with Crippen molar-refractivity contribution >= 4 is 11.8 Å². The molecule has 2 aliphatic heterocycles. The number of nitrogens with one attached hydrogen (secondary N) is 2. The minimum Gasteiger partial charge on any atom is -0.394 e. The van der Waals surface area contributed by atoms with E-state index in [4.69, 9.17) is 9.47 Å². The molecule has 0 bridgehead atoms. The fourth-order valence-electron chi connectivity index (χ4n) is 5.95. The van der Waals surface area contributed by atoms with Gasteiger partial charge in [-0.3, -0.25) is 9.59 Å². The van der Waals surface area contributed by atoms with E-state index in [1.54, 1.807) is 0 Å². The molecule has 0 aromatic heterocycles. The van der Waals surface area contributed by atoms with Crippen molar-refractivity contribution in [2.45, 2.75) is 177 Å². The number of carbonyl (C=O) groups is 2. The van der Waals surface area contributed by atoms with E-state index in [1.165, 1.54) is 51.4 Å². The van der Waals surface area contributed by atoms with Crippen LogP contribution in [-0.4, -0.2) is 127 Å². The highest BCUT2D eigenvalue weighted by atomic mass is 16.6. The first kappa shape index (κ1) is 40.7. The lowest BCUT2D eigenvalue weighted by Gasteiger charge is -2.40. The van der Waals surface area contributed by atoms with Crippen molar-refractivity contribution in [3.8, 4) is 0 Å². The second kappa shape index (κ2) is 23.0. The molecule has 2 amide bonds. The molecule has 10 atom stereocenters. The van der Waals surface area contributed by atoms with Gasteiger partial charge in [-0.2, -0.15) is 0 Å². The summed E-state index contributed by atoms with van der Waals surface area (Å²) in [6.07, 6.45) is 4.65. The molecule has 270 valence electrons. The molecule has 0 unspecified atom stereocenters. The summed E-state index contributed by atoms with van der Waals surface area (Å²) in [6, 6.07) is 0. The summed E-state index contributed by atoms with van der Waals surface area (Å²) in [6.45, 7) is -1.07. The minimum absolute atomic E-state index is 0.278. The fourth-order valence-corrected chi connectivity index (χ4v) is 5.95. The van der Waals surface area contributed by atoms with Gasteiger partial charge in [0, 0.05) is 12.8 Å². The maximum atomic E-state index is 12.2. The number of aliphatic hydroxyl groups excluding tert-OH is 8. The Morgan fingerprint density at radius 1 is 0.413 bits per heavy atom. The van der Waals surface area contributed by atoms with Crippen LogP contribution in [0, 0.1) is 0 Å². The molecule has 2 rings (SSSR count). The van der Waals surface area contributed by atoms with Gasteiger partial charge < -0.3 is 61.0 Å². The zero-order valence-electron chi connectivity index (χ0n) is 27.1. The molecule has 46 heavy (non-hydrogen) atoms. The quantitative estimate of drug-likeness (QED) is 0.0642. The van der Waals surface area contributed by atoms with Gasteiger partial charge in [-0.15, -0.1) is 0 Å². The van der Waals surface area contributed by atoms with Crippen LogP contribution in [-0.2, 0) is 19.1 Å². The van der Waals surface area contributed by atoms with Gasteiger partial charge in [-0.25, -0.2) is 0 Å². The van der Waals surface area contributed by atoms with Crippen molar-refractivity contribution in [1.82, 2.24) is 10.6 Å². The summed E-state index contributed by atoms with van der Waals surface area (Å²) in [5.74, 6) is -0.608. The number of amides is 2. The molecule has 0 aromatic rings. The molecular weight excluding hydrogens is 604 g/mol. The van der Waals surface area contributed by atoms with Gasteiger partial charge in [0.15, 0.2) is 12.5 Å². The van der Waals surface area contributed by atoms with Crippen molar-refractivity contribution in [1.29, 1.82) is 0 Å². The summed E-state index contributed by atoms with van der Waals surface area (Å²) < 4.78 is 10.6. The Balaban J connectivity index is 1.33. The molecule has 0 spiro atoms. The third kappa shape index (κ3) is 14.3. The minimum atomic E-state index is -1.51. The topological polar surface area (TPSA) is 238 Å². The molecule has 0 aromatic carbocycles. The predicted molar refractivity (Wildman–Crippen MR) is 167 cm³/mol. The summed E-state index contributed by atoms with van der Waals surface area (Å²) >= 11 is 0. The first-order chi connectivity index (χ1) is 22.1. The van der Waals surface area contributed by atoms with Crippen LogP contribution in [0.1, 0.15) is 116 Å². The number of hydrogen-bond acceptors (Lipinski definition) is 12. The van der Waals surface area contributed by atoms with Crippen LogP contribution in [0.2, 0.25) is 0 Å². The van der Waals surface area contributed by atoms with Crippen LogP contribution in [0.25, 0.3) is 0 Å². The first-order valence-corrected chi connectivity index (χ1v) is 17.3. The lowest BCUT2D eigenvalue weighted by molar-refractivity contribution is -0.236. The maximum Gasteiger partial charge on any atom is 0.222 e. The molecular formula is C32H60N2O12. The monoisotopic (exact) mass is 664 g/mol. The Kier molecular flexibility index (Phi) is 20.3. The Morgan fingerprint density at radius 3 is 0.935 bits per heavy atom. The van der Waals surface area contributed by atoms with Crippen molar-refractivity contribution in [3.05, 3.63) is 0 Å². The van der Waals surface area contributed by atoms with E-state index in [0.29, 0.717) is 12.8 Å². The largest absolute Gasteiger partial charge is 0.394 e. The zero-order valence-corrected chi connectivity index (χ0v) is 27.1. The highest BCUT2D eigenvalue weighted by Gasteiger charge is 2.45. The molecule has 2 saturated heterocycles. The van der Waals surface area contributed by atoms with Crippen LogP contribution >= 0.6 is 0 Å². The molecule has 14 heteroatoms. The van der Waals surface area contributed by atoms with Crippen molar-refractivity contribution in [2.75, 3.05) is 13.2 Å². The number of ether oxygens (including phenoxy) is 2. The normalized spacial score (nSPS) is 31.5. The van der Waals surface area contributed by atoms with Gasteiger partial charge in [0.1, 0.15) is 48.8 Å². The average Bonchev–Trinajstić information content (AvgIpc) is 3.04. The van der Waals surface area contributed by atoms with Crippen LogP contribution in [0.4, 0.5) is 0 Å². The van der Waals surface area contributed by atoms with Gasteiger partial charge in [0.2, 0.25) is 11.8 Å². The SMILES string of the molecule is O=C(CCCCCCCCCCCCCCCCCCC(=O)N[C@@H]1O[C@H](CO)[C@@H](O)[C@H](O)[C@H]1O)N[C@@H]1O[C@H](CO)[C@@H](O)[C@H](O)[C@H]1O. The van der Waals surface area contributed by atoms with E-state index < -0.39 is 74.5 Å². The van der Waals surface area contributed by atoms with E-state index in [1.807, 2.05) is 0 Å². The smallest absolute Gasteiger partial charge is 0.222 e. The summed E-state index contributed by atoms with van der Waals surface area (Å²) in [4.78, 5) is 24.3. The molecule has 2 heterocycles. The third-order valence-corrected chi connectivity index (χ3v) is 8.95. The van der Waals surface area contributed by atoms with Gasteiger partial charge in [-0.05, 0) is 12.8 Å². The Labute approximate surface area is 272 Å². The van der Waals surface area contributed by atoms with Crippen LogP contribution in [0.15, 0.2) is 0 Å². The summed E-state index contributed by atoms with van der Waals surface area (Å²) in [5.41, 5.74) is 0. The lowest BCUT2D eigenvalue weighted by Crippen LogP contribution is -2.63. The van der Waals surface area contributed by atoms with Gasteiger partial charge >= 0.3 is 0 Å². The maximum absolute atomic E-state index is 12.2. The number of carbonyl (C=O) groups excluding carboxylic acids is 2. The van der Waals surface area contributed by atoms with E-state index >= 15 is 0 Å². The molecule has 2 aliphatic rings. The molecule has 14 nitrogen and oxygen atoms in total. The van der Waals surface area contributed by atoms with Crippen LogP contribution < -0.4 is 10.6 Å².